The van der Waals surface area contributed by atoms with Crippen LogP contribution in [0.1, 0.15) is 20.3 Å². The summed E-state index contributed by atoms with van der Waals surface area (Å²) in [5.74, 6) is -0.175. The van der Waals surface area contributed by atoms with Crippen LogP contribution in [0, 0.1) is 0 Å². The number of likely N-dealkylation sites (N-methyl/N-ethyl adjacent to an activating group) is 1. The summed E-state index contributed by atoms with van der Waals surface area (Å²) >= 11 is 0. The van der Waals surface area contributed by atoms with Gasteiger partial charge in [0, 0.05) is 13.0 Å². The first-order chi connectivity index (χ1) is 8.83. The highest BCUT2D eigenvalue weighted by molar-refractivity contribution is 7.85. The second-order valence-corrected chi connectivity index (χ2v) is 6.40. The topological polar surface area (TPSA) is 72.8 Å². The predicted octanol–water partition coefficient (Wildman–Crippen LogP) is 0.784. The Bertz CT molecular complexity index is 320. The molecule has 19 heavy (non-hydrogen) atoms. The summed E-state index contributed by atoms with van der Waals surface area (Å²) in [6.45, 7) is 8.97. The van der Waals surface area contributed by atoms with Crippen molar-refractivity contribution in [3.05, 3.63) is 0 Å². The Balaban J connectivity index is 3.82. The Morgan fingerprint density at radius 2 is 1.68 bits per heavy atom. The van der Waals surface area contributed by atoms with E-state index in [4.69, 9.17) is 14.0 Å². The van der Waals surface area contributed by atoms with Crippen LogP contribution in [0.2, 0.25) is 0 Å². The molecule has 0 amide bonds. The van der Waals surface area contributed by atoms with Gasteiger partial charge in [-0.3, -0.25) is 4.55 Å². The van der Waals surface area contributed by atoms with Crippen molar-refractivity contribution in [2.75, 3.05) is 58.9 Å². The number of hydrogen-bond acceptors (Lipinski definition) is 4. The smallest absolute Gasteiger partial charge is 0.265 e. The van der Waals surface area contributed by atoms with Gasteiger partial charge in [-0.1, -0.05) is 0 Å². The molecule has 0 bridgehead atoms. The monoisotopic (exact) mass is 298 g/mol. The molecule has 0 heterocycles. The minimum absolute atomic E-state index is 0.175. The van der Waals surface area contributed by atoms with E-state index in [0.717, 1.165) is 17.6 Å². The second-order valence-electron chi connectivity index (χ2n) is 4.83. The van der Waals surface area contributed by atoms with Crippen molar-refractivity contribution in [3.63, 3.8) is 0 Å². The molecule has 0 saturated heterocycles. The van der Waals surface area contributed by atoms with Gasteiger partial charge in [0.1, 0.15) is 6.54 Å². The van der Waals surface area contributed by atoms with E-state index in [1.807, 2.05) is 6.92 Å². The molecule has 0 aromatic heterocycles. The Kier molecular flexibility index (Phi) is 9.55. The first-order valence-electron chi connectivity index (χ1n) is 6.77. The van der Waals surface area contributed by atoms with E-state index in [-0.39, 0.29) is 5.75 Å². The van der Waals surface area contributed by atoms with Crippen molar-refractivity contribution in [2.24, 2.45) is 0 Å². The molecule has 0 aromatic rings. The highest BCUT2D eigenvalue weighted by Gasteiger charge is 2.19. The highest BCUT2D eigenvalue weighted by atomic mass is 32.2. The van der Waals surface area contributed by atoms with Gasteiger partial charge in [0.2, 0.25) is 0 Å². The molecule has 0 aliphatic carbocycles. The summed E-state index contributed by atoms with van der Waals surface area (Å²) in [7, 11) is -1.78. The largest absolute Gasteiger partial charge is 0.379 e. The van der Waals surface area contributed by atoms with Crippen LogP contribution in [-0.2, 0) is 19.6 Å². The molecule has 6 nitrogen and oxygen atoms in total. The van der Waals surface area contributed by atoms with Gasteiger partial charge >= 0.3 is 0 Å². The zero-order valence-corrected chi connectivity index (χ0v) is 13.1. The zero-order valence-electron chi connectivity index (χ0n) is 12.3. The average Bonchev–Trinajstić information content (AvgIpc) is 2.32. The highest BCUT2D eigenvalue weighted by Crippen LogP contribution is 2.05. The molecule has 1 unspecified atom stereocenters. The lowest BCUT2D eigenvalue weighted by atomic mass is 10.3. The predicted molar refractivity (Wildman–Crippen MR) is 74.8 cm³/mol. The van der Waals surface area contributed by atoms with Crippen LogP contribution in [0.15, 0.2) is 0 Å². The quantitative estimate of drug-likeness (QED) is 0.327. The van der Waals surface area contributed by atoms with Crippen molar-refractivity contribution >= 4 is 10.1 Å². The molecule has 1 atom stereocenters. The summed E-state index contributed by atoms with van der Waals surface area (Å²) in [6, 6.07) is 0. The fourth-order valence-electron chi connectivity index (χ4n) is 1.71. The van der Waals surface area contributed by atoms with Crippen LogP contribution in [0.3, 0.4) is 0 Å². The Labute approximate surface area is 117 Å². The molecule has 0 rings (SSSR count). The third-order valence-corrected chi connectivity index (χ3v) is 4.02. The van der Waals surface area contributed by atoms with Gasteiger partial charge in [-0.25, -0.2) is 0 Å². The van der Waals surface area contributed by atoms with Gasteiger partial charge in [-0.15, -0.1) is 0 Å². The molecule has 0 saturated carbocycles. The van der Waals surface area contributed by atoms with Crippen LogP contribution >= 0.6 is 0 Å². The van der Waals surface area contributed by atoms with Crippen LogP contribution in [0.5, 0.6) is 0 Å². The lowest BCUT2D eigenvalue weighted by Gasteiger charge is -2.33. The molecule has 0 aliphatic heterocycles. The van der Waals surface area contributed by atoms with Crippen LogP contribution in [0.4, 0.5) is 0 Å². The molecular weight excluding hydrogens is 270 g/mol. The van der Waals surface area contributed by atoms with Crippen molar-refractivity contribution in [1.82, 2.24) is 0 Å². The fourth-order valence-corrected chi connectivity index (χ4v) is 2.20. The third-order valence-electron chi connectivity index (χ3n) is 3.22. The van der Waals surface area contributed by atoms with Crippen molar-refractivity contribution < 1.29 is 26.9 Å². The Hall–Kier alpha value is -0.210. The molecule has 1 N–H and O–H groups in total. The zero-order chi connectivity index (χ0) is 14.8. The Morgan fingerprint density at radius 3 is 2.21 bits per heavy atom. The number of rotatable bonds is 12. The first kappa shape index (κ1) is 18.8. The van der Waals surface area contributed by atoms with Crippen molar-refractivity contribution in [2.45, 2.75) is 20.3 Å². The molecule has 0 radical (unpaired) electrons. The lowest BCUT2D eigenvalue weighted by molar-refractivity contribution is -0.908. The van der Waals surface area contributed by atoms with Gasteiger partial charge < -0.3 is 14.0 Å². The van der Waals surface area contributed by atoms with Gasteiger partial charge in [0.15, 0.2) is 0 Å². The van der Waals surface area contributed by atoms with Gasteiger partial charge in [0.25, 0.3) is 10.1 Å². The van der Waals surface area contributed by atoms with Crippen molar-refractivity contribution in [3.8, 4) is 0 Å². The number of hydrogen-bond donors (Lipinski definition) is 1. The summed E-state index contributed by atoms with van der Waals surface area (Å²) in [6.07, 6.45) is 0.460. The standard InChI is InChI=1S/C12H27NO5S/c1-4-13(3,7-6-12-19(14,15)16)8-9-18-11-10-17-5-2/h4-12H2,1-3H3/p+1. The third kappa shape index (κ3) is 11.3. The summed E-state index contributed by atoms with van der Waals surface area (Å²) in [5.41, 5.74) is 0. The number of ether oxygens (including phenoxy) is 2. The minimum Gasteiger partial charge on any atom is -0.379 e. The normalized spacial score (nSPS) is 15.4. The summed E-state index contributed by atoms with van der Waals surface area (Å²) < 4.78 is 41.4. The van der Waals surface area contributed by atoms with Crippen molar-refractivity contribution in [1.29, 1.82) is 0 Å². The van der Waals surface area contributed by atoms with E-state index in [9.17, 15) is 8.42 Å². The van der Waals surface area contributed by atoms with Gasteiger partial charge in [-0.2, -0.15) is 8.42 Å². The molecule has 116 valence electrons. The van der Waals surface area contributed by atoms with E-state index >= 15 is 0 Å². The lowest BCUT2D eigenvalue weighted by Crippen LogP contribution is -2.47. The Morgan fingerprint density at radius 1 is 1.05 bits per heavy atom. The average molecular weight is 298 g/mol. The minimum atomic E-state index is -3.85. The fraction of sp³-hybridized carbons (Fsp3) is 1.00. The SMILES string of the molecule is CCOCCOCC[N+](C)(CC)CCCS(=O)(=O)O. The first-order valence-corrected chi connectivity index (χ1v) is 8.38. The van der Waals surface area contributed by atoms with Gasteiger partial charge in [-0.05, 0) is 13.8 Å². The molecule has 7 heteroatoms. The summed E-state index contributed by atoms with van der Waals surface area (Å²) in [5, 5.41) is 0. The van der Waals surface area contributed by atoms with Crippen LogP contribution in [0.25, 0.3) is 0 Å². The van der Waals surface area contributed by atoms with E-state index < -0.39 is 10.1 Å². The van der Waals surface area contributed by atoms with Crippen LogP contribution < -0.4 is 0 Å². The summed E-state index contributed by atoms with van der Waals surface area (Å²) in [4.78, 5) is 0. The van der Waals surface area contributed by atoms with E-state index in [0.29, 0.717) is 39.4 Å². The number of quaternary nitrogens is 1. The maximum Gasteiger partial charge on any atom is 0.265 e. The molecular formula is C12H28NO5S+. The maximum atomic E-state index is 10.7. The molecule has 0 aromatic carbocycles. The molecule has 0 spiro atoms. The van der Waals surface area contributed by atoms with E-state index in [1.54, 1.807) is 0 Å². The molecule has 0 aliphatic rings. The second kappa shape index (κ2) is 9.66. The van der Waals surface area contributed by atoms with Gasteiger partial charge in [0.05, 0.1) is 45.7 Å². The number of nitrogens with zero attached hydrogens (tertiary/aromatic N) is 1. The van der Waals surface area contributed by atoms with E-state index in [1.165, 1.54) is 0 Å². The van der Waals surface area contributed by atoms with Crippen LogP contribution in [-0.4, -0.2) is 76.3 Å². The molecule has 0 fully saturated rings. The maximum absolute atomic E-state index is 10.7. The van der Waals surface area contributed by atoms with E-state index in [2.05, 4.69) is 14.0 Å².